The zero-order valence-corrected chi connectivity index (χ0v) is 15.7. The Bertz CT molecular complexity index is 598. The van der Waals surface area contributed by atoms with Gasteiger partial charge in [-0.15, -0.1) is 23.7 Å². The minimum Gasteiger partial charge on any atom is -0.350 e. The molecule has 0 atom stereocenters. The first-order chi connectivity index (χ1) is 10.6. The highest BCUT2D eigenvalue weighted by molar-refractivity contribution is 7.89. The number of sulfonamides is 1. The Hall–Kier alpha value is -0.670. The maximum Gasteiger partial charge on any atom is 0.262 e. The Labute approximate surface area is 148 Å². The van der Waals surface area contributed by atoms with Crippen molar-refractivity contribution >= 4 is 39.7 Å². The van der Waals surface area contributed by atoms with Gasteiger partial charge in [0, 0.05) is 26.2 Å². The molecule has 0 aromatic carbocycles. The van der Waals surface area contributed by atoms with E-state index in [9.17, 15) is 13.2 Å². The van der Waals surface area contributed by atoms with Gasteiger partial charge in [-0.05, 0) is 37.3 Å². The van der Waals surface area contributed by atoms with E-state index in [0.717, 1.165) is 25.8 Å². The fraction of sp³-hybridized carbons (Fsp3) is 0.643. The van der Waals surface area contributed by atoms with Crippen LogP contribution in [0.2, 0.25) is 0 Å². The standard InChI is InChI=1S/C14H23N3O3S2.ClH/c1-2-6-15-7-8-16-14(18)13-12(5-11-21-13)22(19,20)17-9-3-4-10-17;/h5,11,15H,2-4,6-10H2,1H3,(H,16,18);1H. The lowest BCUT2D eigenvalue weighted by molar-refractivity contribution is 0.0955. The number of carbonyl (C=O) groups excluding carboxylic acids is 1. The van der Waals surface area contributed by atoms with Gasteiger partial charge in [-0.3, -0.25) is 4.79 Å². The van der Waals surface area contributed by atoms with Crippen LogP contribution < -0.4 is 10.6 Å². The number of carbonyl (C=O) groups is 1. The second-order valence-electron chi connectivity index (χ2n) is 5.23. The summed E-state index contributed by atoms with van der Waals surface area (Å²) in [4.78, 5) is 12.6. The maximum absolute atomic E-state index is 12.6. The molecule has 6 nitrogen and oxygen atoms in total. The van der Waals surface area contributed by atoms with Crippen molar-refractivity contribution < 1.29 is 13.2 Å². The number of halogens is 1. The van der Waals surface area contributed by atoms with Crippen LogP contribution in [0.1, 0.15) is 35.9 Å². The van der Waals surface area contributed by atoms with Gasteiger partial charge in [0.2, 0.25) is 10.0 Å². The minimum absolute atomic E-state index is 0. The fourth-order valence-corrected chi connectivity index (χ4v) is 5.21. The molecule has 0 spiro atoms. The van der Waals surface area contributed by atoms with Crippen LogP contribution in [0.5, 0.6) is 0 Å². The summed E-state index contributed by atoms with van der Waals surface area (Å²) in [6.45, 7) is 5.23. The first kappa shape index (κ1) is 20.4. The third-order valence-corrected chi connectivity index (χ3v) is 6.52. The van der Waals surface area contributed by atoms with E-state index in [-0.39, 0.29) is 28.1 Å². The molecular weight excluding hydrogens is 358 g/mol. The summed E-state index contributed by atoms with van der Waals surface area (Å²) in [6, 6.07) is 1.53. The van der Waals surface area contributed by atoms with Crippen LogP contribution in [0.15, 0.2) is 16.3 Å². The van der Waals surface area contributed by atoms with E-state index >= 15 is 0 Å². The SMILES string of the molecule is CCCNCCNC(=O)c1sccc1S(=O)(=O)N1CCCC1.Cl. The van der Waals surface area contributed by atoms with E-state index in [0.29, 0.717) is 26.2 Å². The van der Waals surface area contributed by atoms with Gasteiger partial charge in [-0.2, -0.15) is 4.31 Å². The molecule has 23 heavy (non-hydrogen) atoms. The lowest BCUT2D eigenvalue weighted by Crippen LogP contribution is -2.33. The summed E-state index contributed by atoms with van der Waals surface area (Å²) in [6.07, 6.45) is 2.80. The smallest absolute Gasteiger partial charge is 0.262 e. The van der Waals surface area contributed by atoms with Gasteiger partial charge in [0.15, 0.2) is 0 Å². The van der Waals surface area contributed by atoms with Crippen molar-refractivity contribution in [3.8, 4) is 0 Å². The summed E-state index contributed by atoms with van der Waals surface area (Å²) >= 11 is 1.17. The molecule has 0 unspecified atom stereocenters. The van der Waals surface area contributed by atoms with Gasteiger partial charge in [0.25, 0.3) is 5.91 Å². The highest BCUT2D eigenvalue weighted by Crippen LogP contribution is 2.27. The second kappa shape index (κ2) is 9.58. The Balaban J connectivity index is 0.00000264. The third kappa shape index (κ3) is 5.15. The van der Waals surface area contributed by atoms with Gasteiger partial charge in [0.05, 0.1) is 0 Å². The van der Waals surface area contributed by atoms with Crippen LogP contribution in [0, 0.1) is 0 Å². The van der Waals surface area contributed by atoms with E-state index in [1.165, 1.54) is 21.7 Å². The number of nitrogens with one attached hydrogen (secondary N) is 2. The van der Waals surface area contributed by atoms with E-state index in [4.69, 9.17) is 0 Å². The molecule has 1 amide bonds. The van der Waals surface area contributed by atoms with E-state index in [1.807, 2.05) is 0 Å². The van der Waals surface area contributed by atoms with E-state index in [2.05, 4.69) is 17.6 Å². The maximum atomic E-state index is 12.6. The molecule has 2 heterocycles. The van der Waals surface area contributed by atoms with Crippen molar-refractivity contribution in [3.63, 3.8) is 0 Å². The molecule has 2 N–H and O–H groups in total. The van der Waals surface area contributed by atoms with Crippen LogP contribution in [0.3, 0.4) is 0 Å². The highest BCUT2D eigenvalue weighted by Gasteiger charge is 2.31. The predicted octanol–water partition coefficient (Wildman–Crippen LogP) is 1.68. The van der Waals surface area contributed by atoms with E-state index in [1.54, 1.807) is 5.38 Å². The number of thiophene rings is 1. The van der Waals surface area contributed by atoms with Gasteiger partial charge in [0.1, 0.15) is 9.77 Å². The largest absolute Gasteiger partial charge is 0.350 e. The Morgan fingerprint density at radius 2 is 1.96 bits per heavy atom. The number of hydrogen-bond donors (Lipinski definition) is 2. The van der Waals surface area contributed by atoms with Crippen LogP contribution >= 0.6 is 23.7 Å². The minimum atomic E-state index is -3.54. The van der Waals surface area contributed by atoms with E-state index < -0.39 is 10.0 Å². The summed E-state index contributed by atoms with van der Waals surface area (Å²) in [5.74, 6) is -0.314. The van der Waals surface area contributed by atoms with Crippen molar-refractivity contribution in [3.05, 3.63) is 16.3 Å². The quantitative estimate of drug-likeness (QED) is 0.671. The fourth-order valence-electron chi connectivity index (χ4n) is 2.38. The van der Waals surface area contributed by atoms with Crippen LogP contribution in [0.4, 0.5) is 0 Å². The number of nitrogens with zero attached hydrogens (tertiary/aromatic N) is 1. The van der Waals surface area contributed by atoms with Crippen molar-refractivity contribution in [1.29, 1.82) is 0 Å². The molecule has 1 fully saturated rings. The first-order valence-electron chi connectivity index (χ1n) is 7.64. The molecule has 0 saturated carbocycles. The molecule has 2 rings (SSSR count). The van der Waals surface area contributed by atoms with Crippen molar-refractivity contribution in [2.45, 2.75) is 31.1 Å². The molecule has 0 aliphatic carbocycles. The molecule has 1 aliphatic rings. The predicted molar refractivity (Wildman–Crippen MR) is 95.1 cm³/mol. The van der Waals surface area contributed by atoms with Gasteiger partial charge >= 0.3 is 0 Å². The molecule has 1 aliphatic heterocycles. The molecule has 1 aromatic rings. The first-order valence-corrected chi connectivity index (χ1v) is 9.96. The molecule has 1 saturated heterocycles. The lowest BCUT2D eigenvalue weighted by atomic mass is 10.4. The average Bonchev–Trinajstić information content (AvgIpc) is 3.18. The lowest BCUT2D eigenvalue weighted by Gasteiger charge is -2.15. The third-order valence-electron chi connectivity index (χ3n) is 3.53. The molecule has 9 heteroatoms. The number of hydrogen-bond acceptors (Lipinski definition) is 5. The molecule has 132 valence electrons. The molecular formula is C14H24ClN3O3S2. The summed E-state index contributed by atoms with van der Waals surface area (Å²) in [7, 11) is -3.54. The van der Waals surface area contributed by atoms with Gasteiger partial charge in [-0.25, -0.2) is 8.42 Å². The Morgan fingerprint density at radius 1 is 1.26 bits per heavy atom. The average molecular weight is 382 g/mol. The summed E-state index contributed by atoms with van der Waals surface area (Å²) in [5, 5.41) is 7.62. The summed E-state index contributed by atoms with van der Waals surface area (Å²) in [5.41, 5.74) is 0. The number of rotatable bonds is 8. The zero-order valence-electron chi connectivity index (χ0n) is 13.2. The van der Waals surface area contributed by atoms with Crippen LogP contribution in [-0.2, 0) is 10.0 Å². The molecule has 1 aromatic heterocycles. The van der Waals surface area contributed by atoms with Crippen LogP contribution in [0.25, 0.3) is 0 Å². The Morgan fingerprint density at radius 3 is 2.61 bits per heavy atom. The number of amides is 1. The van der Waals surface area contributed by atoms with Crippen molar-refractivity contribution in [2.24, 2.45) is 0 Å². The Kier molecular flexibility index (Phi) is 8.49. The van der Waals surface area contributed by atoms with Gasteiger partial charge < -0.3 is 10.6 Å². The van der Waals surface area contributed by atoms with Gasteiger partial charge in [-0.1, -0.05) is 6.92 Å². The van der Waals surface area contributed by atoms with Crippen molar-refractivity contribution in [2.75, 3.05) is 32.7 Å². The van der Waals surface area contributed by atoms with Crippen molar-refractivity contribution in [1.82, 2.24) is 14.9 Å². The van der Waals surface area contributed by atoms with Crippen LogP contribution in [-0.4, -0.2) is 51.4 Å². The highest BCUT2D eigenvalue weighted by atomic mass is 35.5. The zero-order chi connectivity index (χ0) is 16.0. The summed E-state index contributed by atoms with van der Waals surface area (Å²) < 4.78 is 26.6. The topological polar surface area (TPSA) is 78.5 Å². The normalized spacial score (nSPS) is 15.3. The second-order valence-corrected chi connectivity index (χ2v) is 8.05. The monoisotopic (exact) mass is 381 g/mol. The molecule has 0 radical (unpaired) electrons. The molecule has 0 bridgehead atoms.